The summed E-state index contributed by atoms with van der Waals surface area (Å²) in [5.74, 6) is 1.29. The van der Waals surface area contributed by atoms with Crippen molar-refractivity contribution < 1.29 is 4.74 Å². The third kappa shape index (κ3) is 3.16. The highest BCUT2D eigenvalue weighted by Crippen LogP contribution is 2.42. The van der Waals surface area contributed by atoms with Gasteiger partial charge in [-0.15, -0.1) is 0 Å². The maximum Gasteiger partial charge on any atom is 0.131 e. The predicted molar refractivity (Wildman–Crippen MR) is 92.6 cm³/mol. The van der Waals surface area contributed by atoms with Crippen LogP contribution in [0.15, 0.2) is 0 Å². The third-order valence-electron chi connectivity index (χ3n) is 5.14. The van der Waals surface area contributed by atoms with Gasteiger partial charge in [-0.25, -0.2) is 9.97 Å². The van der Waals surface area contributed by atoms with Crippen molar-refractivity contribution in [3.63, 3.8) is 0 Å². The van der Waals surface area contributed by atoms with E-state index >= 15 is 0 Å². The monoisotopic (exact) mass is 317 g/mol. The third-order valence-corrected chi connectivity index (χ3v) is 5.14. The van der Waals surface area contributed by atoms with Crippen LogP contribution in [0.1, 0.15) is 83.1 Å². The van der Waals surface area contributed by atoms with Gasteiger partial charge in [-0.05, 0) is 32.9 Å². The van der Waals surface area contributed by atoms with E-state index in [1.165, 1.54) is 30.8 Å². The lowest BCUT2D eigenvalue weighted by Gasteiger charge is -2.34. The fraction of sp³-hybridized carbons (Fsp3) is 0.789. The molecule has 1 aromatic rings. The molecule has 23 heavy (non-hydrogen) atoms. The minimum absolute atomic E-state index is 0.0166. The van der Waals surface area contributed by atoms with Gasteiger partial charge in [0.1, 0.15) is 11.4 Å². The lowest BCUT2D eigenvalue weighted by molar-refractivity contribution is -0.0407. The fourth-order valence-electron chi connectivity index (χ4n) is 3.42. The molecule has 0 aliphatic carbocycles. The van der Waals surface area contributed by atoms with Crippen molar-refractivity contribution in [2.45, 2.75) is 77.9 Å². The lowest BCUT2D eigenvalue weighted by Crippen LogP contribution is -2.40. The Bertz CT molecular complexity index is 587. The highest BCUT2D eigenvalue weighted by Gasteiger charge is 2.41. The van der Waals surface area contributed by atoms with Gasteiger partial charge >= 0.3 is 0 Å². The first-order valence-corrected chi connectivity index (χ1v) is 8.99. The maximum atomic E-state index is 6.27. The van der Waals surface area contributed by atoms with Crippen LogP contribution in [0.5, 0.6) is 0 Å². The van der Waals surface area contributed by atoms with Gasteiger partial charge in [0.15, 0.2) is 0 Å². The van der Waals surface area contributed by atoms with E-state index < -0.39 is 0 Å². The molecule has 1 unspecified atom stereocenters. The zero-order chi connectivity index (χ0) is 16.8. The number of fused-ring (bicyclic) bond motifs is 1. The van der Waals surface area contributed by atoms with Gasteiger partial charge < -0.3 is 9.64 Å². The van der Waals surface area contributed by atoms with Crippen molar-refractivity contribution >= 4 is 0 Å². The molecular formula is C19H31N3O. The average Bonchev–Trinajstić information content (AvgIpc) is 2.73. The summed E-state index contributed by atoms with van der Waals surface area (Å²) >= 11 is 0. The van der Waals surface area contributed by atoms with E-state index in [0.717, 1.165) is 24.5 Å². The van der Waals surface area contributed by atoms with E-state index in [0.29, 0.717) is 12.5 Å². The molecule has 4 nitrogen and oxygen atoms in total. The first-order chi connectivity index (χ1) is 10.7. The number of ether oxygens (including phenoxy) is 1. The highest BCUT2D eigenvalue weighted by atomic mass is 16.5. The van der Waals surface area contributed by atoms with E-state index in [4.69, 9.17) is 14.7 Å². The number of rotatable bonds is 4. The zero-order valence-electron chi connectivity index (χ0n) is 15.6. The Morgan fingerprint density at radius 1 is 1.22 bits per heavy atom. The molecule has 0 amide bonds. The van der Waals surface area contributed by atoms with Crippen LogP contribution in [0.2, 0.25) is 0 Å². The van der Waals surface area contributed by atoms with Crippen LogP contribution in [0, 0.1) is 0 Å². The Morgan fingerprint density at radius 3 is 2.43 bits per heavy atom. The van der Waals surface area contributed by atoms with Crippen LogP contribution in [0.25, 0.3) is 0 Å². The van der Waals surface area contributed by atoms with Gasteiger partial charge in [0.2, 0.25) is 0 Å². The quantitative estimate of drug-likeness (QED) is 0.848. The maximum absolute atomic E-state index is 6.27. The Labute approximate surface area is 140 Å². The van der Waals surface area contributed by atoms with Crippen molar-refractivity contribution in [3.8, 4) is 0 Å². The molecular weight excluding hydrogens is 286 g/mol. The van der Waals surface area contributed by atoms with Gasteiger partial charge in [-0.2, -0.15) is 0 Å². The number of likely N-dealkylation sites (tertiary alicyclic amines) is 1. The molecule has 1 aromatic heterocycles. The largest absolute Gasteiger partial charge is 0.364 e. The van der Waals surface area contributed by atoms with E-state index in [-0.39, 0.29) is 11.0 Å². The Morgan fingerprint density at radius 2 is 1.91 bits per heavy atom. The van der Waals surface area contributed by atoms with E-state index in [9.17, 15) is 0 Å². The van der Waals surface area contributed by atoms with Crippen LogP contribution in [0.3, 0.4) is 0 Å². The number of hydrogen-bond donors (Lipinski definition) is 0. The molecule has 2 aliphatic rings. The smallest absolute Gasteiger partial charge is 0.131 e. The Balaban J connectivity index is 1.97. The van der Waals surface area contributed by atoms with E-state index in [2.05, 4.69) is 46.4 Å². The van der Waals surface area contributed by atoms with Crippen molar-refractivity contribution in [1.29, 1.82) is 0 Å². The predicted octanol–water partition coefficient (Wildman–Crippen LogP) is 3.74. The van der Waals surface area contributed by atoms with Crippen molar-refractivity contribution in [2.24, 2.45) is 0 Å². The van der Waals surface area contributed by atoms with Crippen LogP contribution in [0.4, 0.5) is 0 Å². The van der Waals surface area contributed by atoms with E-state index in [1.807, 2.05) is 0 Å². The Hall–Kier alpha value is -1.00. The summed E-state index contributed by atoms with van der Waals surface area (Å²) in [5.41, 5.74) is 3.29. The lowest BCUT2D eigenvalue weighted by atomic mass is 9.85. The van der Waals surface area contributed by atoms with Gasteiger partial charge in [0.25, 0.3) is 0 Å². The zero-order valence-corrected chi connectivity index (χ0v) is 15.6. The van der Waals surface area contributed by atoms with Gasteiger partial charge in [0.05, 0.1) is 18.0 Å². The summed E-state index contributed by atoms with van der Waals surface area (Å²) in [6, 6.07) is 0. The van der Waals surface area contributed by atoms with Gasteiger partial charge in [-0.1, -0.05) is 34.6 Å². The van der Waals surface area contributed by atoms with Gasteiger partial charge in [-0.3, -0.25) is 0 Å². The molecule has 0 N–H and O–H groups in total. The van der Waals surface area contributed by atoms with E-state index in [1.54, 1.807) is 0 Å². The summed E-state index contributed by atoms with van der Waals surface area (Å²) < 4.78 is 6.27. The molecule has 0 saturated carbocycles. The molecule has 3 heterocycles. The second kappa shape index (κ2) is 5.82. The summed E-state index contributed by atoms with van der Waals surface area (Å²) in [4.78, 5) is 12.4. The molecule has 0 bridgehead atoms. The summed E-state index contributed by atoms with van der Waals surface area (Å²) in [6.07, 6.45) is 2.35. The second-order valence-corrected chi connectivity index (χ2v) is 8.63. The highest BCUT2D eigenvalue weighted by molar-refractivity contribution is 5.37. The molecule has 128 valence electrons. The standard InChI is InChI=1S/C19H31N3O/c1-13(2)17-20-15(18(3,4)5)14-12-23-19(6,16(14)21-17)8-11-22-9-7-10-22/h13H,7-12H2,1-6H3. The second-order valence-electron chi connectivity index (χ2n) is 8.63. The molecule has 4 heteroatoms. The molecule has 1 saturated heterocycles. The first-order valence-electron chi connectivity index (χ1n) is 8.99. The van der Waals surface area contributed by atoms with Crippen LogP contribution in [-0.2, 0) is 22.4 Å². The number of hydrogen-bond acceptors (Lipinski definition) is 4. The van der Waals surface area contributed by atoms with Crippen molar-refractivity contribution in [1.82, 2.24) is 14.9 Å². The van der Waals surface area contributed by atoms with Crippen LogP contribution >= 0.6 is 0 Å². The minimum Gasteiger partial charge on any atom is -0.364 e. The van der Waals surface area contributed by atoms with Crippen molar-refractivity contribution in [3.05, 3.63) is 22.8 Å². The molecule has 1 atom stereocenters. The molecule has 2 aliphatic heterocycles. The molecule has 0 spiro atoms. The fourth-order valence-corrected chi connectivity index (χ4v) is 3.42. The number of aromatic nitrogens is 2. The first kappa shape index (κ1) is 16.8. The average molecular weight is 317 g/mol. The molecule has 0 radical (unpaired) electrons. The minimum atomic E-state index is -0.266. The Kier molecular flexibility index (Phi) is 4.26. The molecule has 0 aromatic carbocycles. The van der Waals surface area contributed by atoms with Crippen LogP contribution in [-0.4, -0.2) is 34.5 Å². The summed E-state index contributed by atoms with van der Waals surface area (Å²) in [7, 11) is 0. The van der Waals surface area contributed by atoms with Gasteiger partial charge in [0, 0.05) is 23.4 Å². The van der Waals surface area contributed by atoms with Crippen molar-refractivity contribution in [2.75, 3.05) is 19.6 Å². The SMILES string of the molecule is CC(C)c1nc(C(C)(C)C)c2c(n1)C(C)(CCN1CCC1)OC2. The number of nitrogens with zero attached hydrogens (tertiary/aromatic N) is 3. The molecule has 1 fully saturated rings. The normalized spacial score (nSPS) is 24.8. The van der Waals surface area contributed by atoms with Crippen LogP contribution < -0.4 is 0 Å². The summed E-state index contributed by atoms with van der Waals surface area (Å²) in [6.45, 7) is 17.5. The molecule has 3 rings (SSSR count). The summed E-state index contributed by atoms with van der Waals surface area (Å²) in [5, 5.41) is 0. The topological polar surface area (TPSA) is 38.2 Å².